The van der Waals surface area contributed by atoms with Gasteiger partial charge in [0.1, 0.15) is 5.82 Å². The van der Waals surface area contributed by atoms with E-state index in [1.165, 1.54) is 42.0 Å². The van der Waals surface area contributed by atoms with Gasteiger partial charge < -0.3 is 0 Å². The monoisotopic (exact) mass is 631 g/mol. The summed E-state index contributed by atoms with van der Waals surface area (Å²) >= 11 is 0. The molecule has 1 aromatic carbocycles. The molecule has 0 saturated heterocycles. The average molecular weight is 632 g/mol. The number of aryl methyl sites for hydroxylation is 1. The van der Waals surface area contributed by atoms with Gasteiger partial charge in [0.2, 0.25) is 0 Å². The first-order chi connectivity index (χ1) is 22.2. The lowest BCUT2D eigenvalue weighted by atomic mass is 9.82. The predicted molar refractivity (Wildman–Crippen MR) is 203 cm³/mol. The number of allylic oxidation sites excluding steroid dienone is 9. The summed E-state index contributed by atoms with van der Waals surface area (Å²) < 4.78 is 13.9. The Morgan fingerprint density at radius 3 is 2.45 bits per heavy atom. The van der Waals surface area contributed by atoms with E-state index in [2.05, 4.69) is 97.9 Å². The fourth-order valence-corrected chi connectivity index (χ4v) is 7.31. The lowest BCUT2D eigenvalue weighted by Gasteiger charge is -2.24. The second-order valence-corrected chi connectivity index (χ2v) is 15.6. The Labute approximate surface area is 285 Å². The first kappa shape index (κ1) is 36.3. The van der Waals surface area contributed by atoms with Crippen LogP contribution in [-0.2, 0) is 6.42 Å². The van der Waals surface area contributed by atoms with Crippen LogP contribution in [0.1, 0.15) is 115 Å². The van der Waals surface area contributed by atoms with Crippen LogP contribution in [0.15, 0.2) is 104 Å². The highest BCUT2D eigenvalue weighted by atomic mass is 19.1. The highest BCUT2D eigenvalue weighted by molar-refractivity contribution is 5.80. The zero-order chi connectivity index (χ0) is 34.3. The Hall–Kier alpha value is -3.52. The van der Waals surface area contributed by atoms with Crippen LogP contribution in [0.2, 0.25) is 0 Å². The van der Waals surface area contributed by atoms with Crippen molar-refractivity contribution in [1.29, 1.82) is 0 Å². The Bertz CT molecular complexity index is 1560. The zero-order valence-electron chi connectivity index (χ0n) is 29.9. The van der Waals surface area contributed by atoms with Crippen LogP contribution < -0.4 is 0 Å². The smallest absolute Gasteiger partial charge is 0.123 e. The van der Waals surface area contributed by atoms with E-state index in [0.29, 0.717) is 30.6 Å². The maximum absolute atomic E-state index is 13.9. The number of benzene rings is 1. The van der Waals surface area contributed by atoms with Crippen molar-refractivity contribution >= 4 is 16.7 Å². The van der Waals surface area contributed by atoms with Crippen LogP contribution in [0.3, 0.4) is 0 Å². The Kier molecular flexibility index (Phi) is 12.4. The third-order valence-electron chi connectivity index (χ3n) is 10.2. The minimum absolute atomic E-state index is 0.204. The van der Waals surface area contributed by atoms with Gasteiger partial charge in [0.25, 0.3) is 0 Å². The van der Waals surface area contributed by atoms with Crippen LogP contribution in [0.5, 0.6) is 0 Å². The molecule has 0 N–H and O–H groups in total. The first-order valence-corrected chi connectivity index (χ1v) is 17.8. The van der Waals surface area contributed by atoms with Gasteiger partial charge in [-0.3, -0.25) is 0 Å². The molecular weight excluding hydrogens is 574 g/mol. The summed E-state index contributed by atoms with van der Waals surface area (Å²) in [5.41, 5.74) is 11.2. The topological polar surface area (TPSA) is 12.9 Å². The van der Waals surface area contributed by atoms with Gasteiger partial charge in [-0.2, -0.15) is 0 Å². The minimum Gasteiger partial charge on any atom is -0.248 e. The number of hydrogen-bond donors (Lipinski definition) is 0. The molecule has 0 aliphatic heterocycles. The summed E-state index contributed by atoms with van der Waals surface area (Å²) in [5.74, 6) is 1.66. The lowest BCUT2D eigenvalue weighted by molar-refractivity contribution is 0.410. The largest absolute Gasteiger partial charge is 0.248 e. The molecule has 4 atom stereocenters. The van der Waals surface area contributed by atoms with Gasteiger partial charge in [-0.1, -0.05) is 121 Å². The maximum atomic E-state index is 13.9. The van der Waals surface area contributed by atoms with Crippen molar-refractivity contribution in [2.24, 2.45) is 29.1 Å². The standard InChI is InChI=1S/C45H58FN/c1-30-14-11-18-40(26-30)43-25-24-42(44(47-43)32(3)20-21-37-16-13-19-41(46)28-37)35(6)33(4)27-39-23-22-38(36(39)7)17-12-15-31(2)34(5)29-45(8,9)10/h11,13,16,18-19,24-26,28,30,33,38-39H,2-3,5-7,12,14-15,17,20-23,27,29H2,1,4,8-10H3. The molecule has 2 aliphatic rings. The van der Waals surface area contributed by atoms with E-state index in [4.69, 9.17) is 4.98 Å². The number of aromatic nitrogens is 1. The molecule has 4 unspecified atom stereocenters. The number of hydrogen-bond acceptors (Lipinski definition) is 1. The van der Waals surface area contributed by atoms with E-state index in [-0.39, 0.29) is 17.2 Å². The summed E-state index contributed by atoms with van der Waals surface area (Å²) in [4.78, 5) is 5.22. The van der Waals surface area contributed by atoms with E-state index in [9.17, 15) is 4.39 Å². The molecule has 0 amide bonds. The van der Waals surface area contributed by atoms with Gasteiger partial charge in [0.15, 0.2) is 0 Å². The summed E-state index contributed by atoms with van der Waals surface area (Å²) in [6, 6.07) is 11.2. The average Bonchev–Trinajstić information content (AvgIpc) is 3.36. The van der Waals surface area contributed by atoms with Crippen molar-refractivity contribution in [2.45, 2.75) is 98.8 Å². The summed E-state index contributed by atoms with van der Waals surface area (Å²) in [7, 11) is 0. The summed E-state index contributed by atoms with van der Waals surface area (Å²) in [5, 5.41) is 0. The molecular formula is C45H58FN. The van der Waals surface area contributed by atoms with Crippen LogP contribution in [0.4, 0.5) is 4.39 Å². The molecule has 0 bridgehead atoms. The van der Waals surface area contributed by atoms with Gasteiger partial charge in [-0.25, -0.2) is 9.37 Å². The van der Waals surface area contributed by atoms with Crippen molar-refractivity contribution in [3.63, 3.8) is 0 Å². The number of pyridine rings is 1. The van der Waals surface area contributed by atoms with Gasteiger partial charge in [-0.15, -0.1) is 0 Å². The molecule has 4 rings (SSSR count). The number of nitrogens with zero attached hydrogens (tertiary/aromatic N) is 1. The fraction of sp³-hybridized carbons (Fsp3) is 0.444. The second-order valence-electron chi connectivity index (χ2n) is 15.6. The van der Waals surface area contributed by atoms with Crippen molar-refractivity contribution in [3.05, 3.63) is 133 Å². The second kappa shape index (κ2) is 16.1. The van der Waals surface area contributed by atoms with Crippen molar-refractivity contribution in [3.8, 4) is 0 Å². The summed E-state index contributed by atoms with van der Waals surface area (Å²) in [6.45, 7) is 33.7. The van der Waals surface area contributed by atoms with Gasteiger partial charge in [0, 0.05) is 5.56 Å². The van der Waals surface area contributed by atoms with E-state index in [0.717, 1.165) is 71.3 Å². The molecule has 2 heteroatoms. The first-order valence-electron chi connectivity index (χ1n) is 17.8. The van der Waals surface area contributed by atoms with Gasteiger partial charge >= 0.3 is 0 Å². The third-order valence-corrected chi connectivity index (χ3v) is 10.2. The van der Waals surface area contributed by atoms with E-state index in [1.807, 2.05) is 6.07 Å². The molecule has 0 radical (unpaired) electrons. The van der Waals surface area contributed by atoms with Crippen molar-refractivity contribution in [2.75, 3.05) is 0 Å². The maximum Gasteiger partial charge on any atom is 0.123 e. The highest BCUT2D eigenvalue weighted by Gasteiger charge is 2.30. The van der Waals surface area contributed by atoms with Gasteiger partial charge in [0.05, 0.1) is 11.4 Å². The SMILES string of the molecule is C=C(CCCC1CCC(CC(C)C(=C)c2ccc(C3=CC(C)CC=C3)nc2C(=C)CCc2cccc(F)c2)C1=C)C(=C)CC(C)(C)C. The van der Waals surface area contributed by atoms with Crippen LogP contribution in [0.25, 0.3) is 16.7 Å². The predicted octanol–water partition coefficient (Wildman–Crippen LogP) is 13.2. The zero-order valence-corrected chi connectivity index (χ0v) is 29.9. The number of halogens is 1. The Balaban J connectivity index is 1.42. The van der Waals surface area contributed by atoms with Crippen LogP contribution >= 0.6 is 0 Å². The molecule has 1 nitrogen and oxygen atoms in total. The van der Waals surface area contributed by atoms with Crippen LogP contribution in [-0.4, -0.2) is 4.98 Å². The molecule has 250 valence electrons. The molecule has 47 heavy (non-hydrogen) atoms. The van der Waals surface area contributed by atoms with E-state index >= 15 is 0 Å². The third kappa shape index (κ3) is 10.2. The fourth-order valence-electron chi connectivity index (χ4n) is 7.31. The van der Waals surface area contributed by atoms with Crippen molar-refractivity contribution < 1.29 is 4.39 Å². The molecule has 2 aliphatic carbocycles. The minimum atomic E-state index is -0.204. The lowest BCUT2D eigenvalue weighted by Crippen LogP contribution is -2.10. The molecule has 1 heterocycles. The van der Waals surface area contributed by atoms with E-state index < -0.39 is 0 Å². The number of rotatable bonds is 15. The Morgan fingerprint density at radius 1 is 1.00 bits per heavy atom. The molecule has 2 aromatic rings. The van der Waals surface area contributed by atoms with Crippen LogP contribution in [0, 0.1) is 34.9 Å². The quantitative estimate of drug-likeness (QED) is 0.141. The molecule has 1 fully saturated rings. The van der Waals surface area contributed by atoms with Crippen molar-refractivity contribution in [1.82, 2.24) is 4.98 Å². The van der Waals surface area contributed by atoms with E-state index in [1.54, 1.807) is 12.1 Å². The molecule has 1 aromatic heterocycles. The molecule has 0 spiro atoms. The highest BCUT2D eigenvalue weighted by Crippen LogP contribution is 2.44. The Morgan fingerprint density at radius 2 is 1.74 bits per heavy atom. The summed E-state index contributed by atoms with van der Waals surface area (Å²) in [6.07, 6.45) is 17.0. The molecule has 1 saturated carbocycles. The van der Waals surface area contributed by atoms with Gasteiger partial charge in [-0.05, 0) is 134 Å². The normalized spacial score (nSPS) is 20.2.